The average Bonchev–Trinajstić information content (AvgIpc) is 3.22. The lowest BCUT2D eigenvalue weighted by Gasteiger charge is -2.16. The van der Waals surface area contributed by atoms with Crippen LogP contribution < -0.4 is 10.5 Å². The van der Waals surface area contributed by atoms with Crippen LogP contribution >= 0.6 is 11.6 Å². The number of benzene rings is 2. The van der Waals surface area contributed by atoms with Crippen molar-refractivity contribution >= 4 is 11.6 Å². The summed E-state index contributed by atoms with van der Waals surface area (Å²) in [5.74, 6) is 0.892. The fourth-order valence-electron chi connectivity index (χ4n) is 2.22. The van der Waals surface area contributed by atoms with Crippen LogP contribution in [0.4, 0.5) is 0 Å². The Bertz CT molecular complexity index is 622. The maximum Gasteiger partial charge on any atom is 0.120 e. The fraction of sp³-hybridized carbons (Fsp3) is 0.294. The van der Waals surface area contributed by atoms with Crippen molar-refractivity contribution in [2.24, 2.45) is 5.73 Å². The van der Waals surface area contributed by atoms with Crippen LogP contribution in [-0.2, 0) is 0 Å². The van der Waals surface area contributed by atoms with Crippen molar-refractivity contribution in [1.29, 1.82) is 0 Å². The van der Waals surface area contributed by atoms with E-state index in [1.54, 1.807) is 0 Å². The SMILES string of the molecule is Cc1ccc(C(N)c2cccc(OC3CC3)c2)c(Cl)c1. The maximum absolute atomic E-state index is 6.34. The zero-order valence-electron chi connectivity index (χ0n) is 11.5. The first-order chi connectivity index (χ1) is 9.63. The van der Waals surface area contributed by atoms with Gasteiger partial charge in [-0.15, -0.1) is 0 Å². The molecule has 0 heterocycles. The third kappa shape index (κ3) is 2.97. The molecular weight excluding hydrogens is 270 g/mol. The molecule has 2 N–H and O–H groups in total. The predicted molar refractivity (Wildman–Crippen MR) is 82.3 cm³/mol. The van der Waals surface area contributed by atoms with E-state index in [1.807, 2.05) is 49.4 Å². The molecule has 0 radical (unpaired) electrons. The highest BCUT2D eigenvalue weighted by Gasteiger charge is 2.23. The van der Waals surface area contributed by atoms with Crippen molar-refractivity contribution in [2.75, 3.05) is 0 Å². The van der Waals surface area contributed by atoms with Gasteiger partial charge in [-0.05, 0) is 54.7 Å². The highest BCUT2D eigenvalue weighted by atomic mass is 35.5. The predicted octanol–water partition coefficient (Wildman–Crippen LogP) is 4.24. The van der Waals surface area contributed by atoms with Crippen LogP contribution in [-0.4, -0.2) is 6.10 Å². The van der Waals surface area contributed by atoms with Crippen molar-refractivity contribution in [3.8, 4) is 5.75 Å². The summed E-state index contributed by atoms with van der Waals surface area (Å²) >= 11 is 6.30. The maximum atomic E-state index is 6.34. The lowest BCUT2D eigenvalue weighted by molar-refractivity contribution is 0.303. The second-order valence-corrected chi connectivity index (χ2v) is 5.80. The van der Waals surface area contributed by atoms with Crippen LogP contribution in [0.1, 0.15) is 35.6 Å². The molecule has 2 nitrogen and oxygen atoms in total. The molecule has 0 saturated heterocycles. The smallest absolute Gasteiger partial charge is 0.120 e. The molecule has 0 bridgehead atoms. The third-order valence-electron chi connectivity index (χ3n) is 3.54. The minimum absolute atomic E-state index is 0.231. The summed E-state index contributed by atoms with van der Waals surface area (Å²) in [6, 6.07) is 13.7. The Hall–Kier alpha value is -1.51. The van der Waals surface area contributed by atoms with Gasteiger partial charge in [-0.25, -0.2) is 0 Å². The van der Waals surface area contributed by atoms with Crippen LogP contribution in [0.25, 0.3) is 0 Å². The van der Waals surface area contributed by atoms with Crippen LogP contribution in [0.15, 0.2) is 42.5 Å². The van der Waals surface area contributed by atoms with Crippen LogP contribution in [0.2, 0.25) is 5.02 Å². The Balaban J connectivity index is 1.86. The van der Waals surface area contributed by atoms with E-state index in [0.717, 1.165) is 35.3 Å². The molecule has 1 aliphatic carbocycles. The number of hydrogen-bond acceptors (Lipinski definition) is 2. The Morgan fingerprint density at radius 3 is 2.70 bits per heavy atom. The summed E-state index contributed by atoms with van der Waals surface area (Å²) in [7, 11) is 0. The van der Waals surface area contributed by atoms with Crippen LogP contribution in [0.3, 0.4) is 0 Å². The van der Waals surface area contributed by atoms with Gasteiger partial charge in [0.15, 0.2) is 0 Å². The van der Waals surface area contributed by atoms with E-state index in [9.17, 15) is 0 Å². The molecule has 2 aromatic carbocycles. The van der Waals surface area contributed by atoms with Crippen molar-refractivity contribution in [3.05, 3.63) is 64.2 Å². The van der Waals surface area contributed by atoms with Gasteiger partial charge in [0.05, 0.1) is 12.1 Å². The molecule has 0 amide bonds. The zero-order chi connectivity index (χ0) is 14.1. The third-order valence-corrected chi connectivity index (χ3v) is 3.86. The monoisotopic (exact) mass is 287 g/mol. The lowest BCUT2D eigenvalue weighted by Crippen LogP contribution is -2.12. The minimum atomic E-state index is -0.231. The molecular formula is C17H18ClNO. The van der Waals surface area contributed by atoms with Crippen molar-refractivity contribution in [1.82, 2.24) is 0 Å². The van der Waals surface area contributed by atoms with Crippen LogP contribution in [0, 0.1) is 6.92 Å². The Kier molecular flexibility index (Phi) is 3.68. The summed E-state index contributed by atoms with van der Waals surface area (Å²) in [4.78, 5) is 0. The molecule has 2 aromatic rings. The summed E-state index contributed by atoms with van der Waals surface area (Å²) in [6.07, 6.45) is 2.70. The Labute approximate surface area is 124 Å². The van der Waals surface area contributed by atoms with E-state index < -0.39 is 0 Å². The molecule has 1 saturated carbocycles. The molecule has 104 valence electrons. The highest BCUT2D eigenvalue weighted by molar-refractivity contribution is 6.31. The molecule has 0 aromatic heterocycles. The summed E-state index contributed by atoms with van der Waals surface area (Å²) in [5, 5.41) is 0.714. The average molecular weight is 288 g/mol. The summed E-state index contributed by atoms with van der Waals surface area (Å²) in [5.41, 5.74) is 9.45. The number of rotatable bonds is 4. The minimum Gasteiger partial charge on any atom is -0.490 e. The molecule has 3 heteroatoms. The first-order valence-corrected chi connectivity index (χ1v) is 7.29. The van der Waals surface area contributed by atoms with Crippen LogP contribution in [0.5, 0.6) is 5.75 Å². The second-order valence-electron chi connectivity index (χ2n) is 5.39. The van der Waals surface area contributed by atoms with Gasteiger partial charge < -0.3 is 10.5 Å². The zero-order valence-corrected chi connectivity index (χ0v) is 12.2. The van der Waals surface area contributed by atoms with Gasteiger partial charge in [0.25, 0.3) is 0 Å². The van der Waals surface area contributed by atoms with Gasteiger partial charge in [-0.1, -0.05) is 35.9 Å². The van der Waals surface area contributed by atoms with E-state index in [1.165, 1.54) is 0 Å². The first-order valence-electron chi connectivity index (χ1n) is 6.92. The number of aryl methyl sites for hydroxylation is 1. The summed E-state index contributed by atoms with van der Waals surface area (Å²) in [6.45, 7) is 2.02. The van der Waals surface area contributed by atoms with Gasteiger partial charge >= 0.3 is 0 Å². The van der Waals surface area contributed by atoms with E-state index in [4.69, 9.17) is 22.1 Å². The first kappa shape index (κ1) is 13.5. The van der Waals surface area contributed by atoms with Crippen molar-refractivity contribution < 1.29 is 4.74 Å². The molecule has 1 atom stereocenters. The van der Waals surface area contributed by atoms with Gasteiger partial charge in [0, 0.05) is 5.02 Å². The normalized spacial score (nSPS) is 15.9. The molecule has 1 fully saturated rings. The number of nitrogens with two attached hydrogens (primary N) is 1. The van der Waals surface area contributed by atoms with Gasteiger partial charge in [-0.3, -0.25) is 0 Å². The number of ether oxygens (including phenoxy) is 1. The standard InChI is InChI=1S/C17H18ClNO/c1-11-5-8-15(16(18)9-11)17(19)12-3-2-4-14(10-12)20-13-6-7-13/h2-5,8-10,13,17H,6-7,19H2,1H3. The lowest BCUT2D eigenvalue weighted by atomic mass is 9.98. The van der Waals surface area contributed by atoms with Gasteiger partial charge in [0.2, 0.25) is 0 Å². The molecule has 1 unspecified atom stereocenters. The Morgan fingerprint density at radius 2 is 2.00 bits per heavy atom. The highest BCUT2D eigenvalue weighted by Crippen LogP contribution is 2.31. The number of hydrogen-bond donors (Lipinski definition) is 1. The van der Waals surface area contributed by atoms with Gasteiger partial charge in [0.1, 0.15) is 5.75 Å². The molecule has 0 aliphatic heterocycles. The Morgan fingerprint density at radius 1 is 1.20 bits per heavy atom. The quantitative estimate of drug-likeness (QED) is 0.913. The number of halogens is 1. The summed E-state index contributed by atoms with van der Waals surface area (Å²) < 4.78 is 5.81. The largest absolute Gasteiger partial charge is 0.490 e. The molecule has 1 aliphatic rings. The van der Waals surface area contributed by atoms with E-state index >= 15 is 0 Å². The topological polar surface area (TPSA) is 35.2 Å². The molecule has 3 rings (SSSR count). The molecule has 0 spiro atoms. The van der Waals surface area contributed by atoms with Gasteiger partial charge in [-0.2, -0.15) is 0 Å². The van der Waals surface area contributed by atoms with E-state index in [2.05, 4.69) is 0 Å². The van der Waals surface area contributed by atoms with Crippen molar-refractivity contribution in [2.45, 2.75) is 31.9 Å². The van der Waals surface area contributed by atoms with E-state index in [0.29, 0.717) is 11.1 Å². The second kappa shape index (κ2) is 5.47. The molecule has 20 heavy (non-hydrogen) atoms. The fourth-order valence-corrected chi connectivity index (χ4v) is 2.58. The van der Waals surface area contributed by atoms with Crippen molar-refractivity contribution in [3.63, 3.8) is 0 Å². The van der Waals surface area contributed by atoms with E-state index in [-0.39, 0.29) is 6.04 Å².